The van der Waals surface area contributed by atoms with E-state index in [4.69, 9.17) is 22.0 Å². The molecule has 0 aliphatic rings. The first-order valence-electron chi connectivity index (χ1n) is 3.60. The third kappa shape index (κ3) is 11.5. The van der Waals surface area contributed by atoms with Crippen molar-refractivity contribution in [3.63, 3.8) is 0 Å². The number of halogens is 1. The molecule has 1 atom stereocenters. The molecule has 84 valence electrons. The van der Waals surface area contributed by atoms with Gasteiger partial charge in [-0.3, -0.25) is 10.2 Å². The van der Waals surface area contributed by atoms with Crippen molar-refractivity contribution in [1.29, 1.82) is 5.41 Å². The van der Waals surface area contributed by atoms with E-state index in [2.05, 4.69) is 5.32 Å². The Morgan fingerprint density at radius 1 is 1.57 bits per heavy atom. The molecule has 14 heavy (non-hydrogen) atoms. The van der Waals surface area contributed by atoms with Crippen LogP contribution in [0.4, 0.5) is 0 Å². The number of aliphatic carboxylic acids is 1. The van der Waals surface area contributed by atoms with Crippen molar-refractivity contribution in [2.75, 3.05) is 6.54 Å². The minimum Gasteiger partial charge on any atom is -0.480 e. The number of hydrogen-bond donors (Lipinski definition) is 5. The van der Waals surface area contributed by atoms with E-state index in [9.17, 15) is 4.79 Å². The van der Waals surface area contributed by atoms with Gasteiger partial charge >= 0.3 is 5.97 Å². The van der Waals surface area contributed by atoms with Crippen LogP contribution in [0.15, 0.2) is 0 Å². The number of nitrogens with one attached hydrogen (secondary N) is 2. The Morgan fingerprint density at radius 2 is 2.07 bits per heavy atom. The maximum absolute atomic E-state index is 10.2. The molecule has 0 spiro atoms. The van der Waals surface area contributed by atoms with Crippen molar-refractivity contribution in [3.8, 4) is 0 Å². The second-order valence-electron chi connectivity index (χ2n) is 2.43. The Balaban J connectivity index is -0.000000605. The van der Waals surface area contributed by atoms with Crippen LogP contribution in [0.1, 0.15) is 12.8 Å². The molecule has 0 aliphatic heterocycles. The summed E-state index contributed by atoms with van der Waals surface area (Å²) < 4.78 is 0. The van der Waals surface area contributed by atoms with E-state index in [0.29, 0.717) is 19.4 Å². The summed E-state index contributed by atoms with van der Waals surface area (Å²) >= 11 is 0. The first-order chi connectivity index (χ1) is 5.54. The van der Waals surface area contributed by atoms with Gasteiger partial charge in [0, 0.05) is 23.9 Å². The summed E-state index contributed by atoms with van der Waals surface area (Å²) in [4.78, 5) is 10.2. The van der Waals surface area contributed by atoms with Crippen LogP contribution in [0.2, 0.25) is 0 Å². The Morgan fingerprint density at radius 3 is 2.43 bits per heavy atom. The standard InChI is InChI=1S/C6H14N4O2.ClH.Cr/c7-4(5(11)12)2-1-3-10-6(8)9;;/h4H,1-3,7H2,(H,11,12)(H4,8,9,10);1H;. The molecule has 0 radical (unpaired) electrons. The zero-order chi connectivity index (χ0) is 9.56. The third-order valence-electron chi connectivity index (χ3n) is 1.32. The topological polar surface area (TPSA) is 125 Å². The molecule has 7 N–H and O–H groups in total. The average Bonchev–Trinajstić information content (AvgIpc) is 1.97. The van der Waals surface area contributed by atoms with E-state index in [-0.39, 0.29) is 35.7 Å². The van der Waals surface area contributed by atoms with Crippen LogP contribution in [0.5, 0.6) is 0 Å². The van der Waals surface area contributed by atoms with Crippen LogP contribution in [-0.4, -0.2) is 29.6 Å². The van der Waals surface area contributed by atoms with Crippen molar-refractivity contribution in [2.45, 2.75) is 18.9 Å². The van der Waals surface area contributed by atoms with Crippen molar-refractivity contribution < 1.29 is 27.3 Å². The number of nitrogens with two attached hydrogens (primary N) is 2. The maximum Gasteiger partial charge on any atom is 0.320 e. The Kier molecular flexibility index (Phi) is 14.5. The van der Waals surface area contributed by atoms with Crippen LogP contribution < -0.4 is 16.8 Å². The maximum atomic E-state index is 10.2. The smallest absolute Gasteiger partial charge is 0.320 e. The molecule has 1 unspecified atom stereocenters. The Labute approximate surface area is 99.5 Å². The third-order valence-corrected chi connectivity index (χ3v) is 1.32. The van der Waals surface area contributed by atoms with Crippen molar-refractivity contribution in [1.82, 2.24) is 5.32 Å². The van der Waals surface area contributed by atoms with Gasteiger partial charge in [0.2, 0.25) is 0 Å². The quantitative estimate of drug-likeness (QED) is 0.249. The van der Waals surface area contributed by atoms with E-state index in [1.165, 1.54) is 0 Å². The van der Waals surface area contributed by atoms with E-state index in [1.54, 1.807) is 0 Å². The largest absolute Gasteiger partial charge is 0.480 e. The zero-order valence-corrected chi connectivity index (χ0v) is 9.62. The first kappa shape index (κ1) is 19.2. The van der Waals surface area contributed by atoms with Gasteiger partial charge in [-0.1, -0.05) is 0 Å². The summed E-state index contributed by atoms with van der Waals surface area (Å²) in [7, 11) is 0. The van der Waals surface area contributed by atoms with Gasteiger partial charge in [-0.15, -0.1) is 12.4 Å². The van der Waals surface area contributed by atoms with Crippen molar-refractivity contribution >= 4 is 24.3 Å². The SMILES string of the molecule is Cl.N=C(N)NCCCC(N)C(=O)O.[Cr]. The number of carbonyl (C=O) groups is 1. The van der Waals surface area contributed by atoms with E-state index in [0.717, 1.165) is 0 Å². The van der Waals surface area contributed by atoms with Crippen molar-refractivity contribution in [3.05, 3.63) is 0 Å². The van der Waals surface area contributed by atoms with Gasteiger partial charge in [-0.25, -0.2) is 0 Å². The van der Waals surface area contributed by atoms with Gasteiger partial charge < -0.3 is 21.9 Å². The summed E-state index contributed by atoms with van der Waals surface area (Å²) in [6.45, 7) is 0.482. The molecule has 0 aliphatic carbocycles. The molecular formula is C6H15ClCrN4O2. The predicted molar refractivity (Wildman–Crippen MR) is 52.0 cm³/mol. The molecule has 0 amide bonds. The van der Waals surface area contributed by atoms with Crippen LogP contribution in [0.3, 0.4) is 0 Å². The molecule has 0 saturated heterocycles. The van der Waals surface area contributed by atoms with Gasteiger partial charge in [0.15, 0.2) is 5.96 Å². The van der Waals surface area contributed by atoms with Gasteiger partial charge in [0.05, 0.1) is 0 Å². The molecule has 8 heteroatoms. The summed E-state index contributed by atoms with van der Waals surface area (Å²) in [5, 5.41) is 17.7. The molecule has 6 nitrogen and oxygen atoms in total. The second kappa shape index (κ2) is 10.6. The van der Waals surface area contributed by atoms with Crippen LogP contribution in [-0.2, 0) is 22.2 Å². The first-order valence-corrected chi connectivity index (χ1v) is 3.60. The summed E-state index contributed by atoms with van der Waals surface area (Å²) in [6, 6.07) is -0.821. The number of carboxylic acid groups (broad SMARTS) is 1. The molecular weight excluding hydrogens is 248 g/mol. The number of guanidine groups is 1. The number of hydrogen-bond acceptors (Lipinski definition) is 3. The second-order valence-corrected chi connectivity index (χ2v) is 2.43. The van der Waals surface area contributed by atoms with Gasteiger partial charge in [0.25, 0.3) is 0 Å². The normalized spacial score (nSPS) is 10.4. The summed E-state index contributed by atoms with van der Waals surface area (Å²) in [5.74, 6) is -1.11. The minimum absolute atomic E-state index is 0. The number of carboxylic acids is 1. The van der Waals surface area contributed by atoms with E-state index >= 15 is 0 Å². The Hall–Kier alpha value is -0.478. The monoisotopic (exact) mass is 262 g/mol. The molecule has 0 rings (SSSR count). The fraction of sp³-hybridized carbons (Fsp3) is 0.667. The molecule has 0 fully saturated rings. The fourth-order valence-corrected chi connectivity index (χ4v) is 0.669. The van der Waals surface area contributed by atoms with Gasteiger partial charge in [-0.05, 0) is 12.8 Å². The van der Waals surface area contributed by atoms with Gasteiger partial charge in [-0.2, -0.15) is 0 Å². The molecule has 0 aromatic rings. The zero-order valence-electron chi connectivity index (χ0n) is 7.53. The van der Waals surface area contributed by atoms with Crippen LogP contribution in [0, 0.1) is 5.41 Å². The fourth-order valence-electron chi connectivity index (χ4n) is 0.669. The summed E-state index contributed by atoms with van der Waals surface area (Å²) in [5.41, 5.74) is 10.2. The van der Waals surface area contributed by atoms with Crippen LogP contribution in [0.25, 0.3) is 0 Å². The molecule has 0 aromatic carbocycles. The molecule has 0 saturated carbocycles. The number of rotatable bonds is 5. The predicted octanol–water partition coefficient (Wildman–Crippen LogP) is -0.919. The summed E-state index contributed by atoms with van der Waals surface area (Å²) in [6.07, 6.45) is 0.975. The molecule has 0 bridgehead atoms. The Bertz CT molecular complexity index is 181. The van der Waals surface area contributed by atoms with Crippen LogP contribution >= 0.6 is 12.4 Å². The molecule has 0 heterocycles. The minimum atomic E-state index is -1.00. The van der Waals surface area contributed by atoms with E-state index in [1.807, 2.05) is 0 Å². The molecule has 0 aromatic heterocycles. The van der Waals surface area contributed by atoms with Gasteiger partial charge in [0.1, 0.15) is 6.04 Å². The van der Waals surface area contributed by atoms with E-state index < -0.39 is 12.0 Å². The average molecular weight is 263 g/mol. The van der Waals surface area contributed by atoms with Crippen molar-refractivity contribution in [2.24, 2.45) is 11.5 Å².